The van der Waals surface area contributed by atoms with Crippen molar-refractivity contribution in [1.29, 1.82) is 0 Å². The van der Waals surface area contributed by atoms with Crippen LogP contribution in [0.5, 0.6) is 0 Å². The number of benzene rings is 1. The third kappa shape index (κ3) is 4.84. The summed E-state index contributed by atoms with van der Waals surface area (Å²) in [6.07, 6.45) is -4.14. The molecule has 1 unspecified atom stereocenters. The second-order valence-corrected chi connectivity index (χ2v) is 8.50. The zero-order chi connectivity index (χ0) is 18.1. The van der Waals surface area contributed by atoms with Gasteiger partial charge in [-0.15, -0.1) is 0 Å². The van der Waals surface area contributed by atoms with E-state index in [1.807, 2.05) is 0 Å². The second kappa shape index (κ2) is 6.89. The number of halogens is 4. The van der Waals surface area contributed by atoms with Crippen LogP contribution < -0.4 is 10.2 Å². The summed E-state index contributed by atoms with van der Waals surface area (Å²) < 4.78 is 61.3. The van der Waals surface area contributed by atoms with E-state index in [4.69, 9.17) is 11.6 Å². The smallest absolute Gasteiger partial charge is 0.326 e. The van der Waals surface area contributed by atoms with Gasteiger partial charge < -0.3 is 10.2 Å². The number of quaternary nitrogens is 1. The fourth-order valence-corrected chi connectivity index (χ4v) is 4.71. The second-order valence-electron chi connectivity index (χ2n) is 5.86. The molecule has 0 radical (unpaired) electrons. The van der Waals surface area contributed by atoms with E-state index in [2.05, 4.69) is 5.32 Å². The molecule has 1 aliphatic heterocycles. The third-order valence-corrected chi connectivity index (χ3v) is 6.02. The molecule has 0 aromatic heterocycles. The molecular weight excluding hydrogens is 369 g/mol. The Labute approximate surface area is 142 Å². The Hall–Kier alpha value is -1.32. The third-order valence-electron chi connectivity index (χ3n) is 3.92. The number of carbonyl (C=O) groups is 1. The van der Waals surface area contributed by atoms with Crippen molar-refractivity contribution < 1.29 is 31.3 Å². The van der Waals surface area contributed by atoms with Crippen LogP contribution in [0.15, 0.2) is 18.2 Å². The molecule has 0 saturated carbocycles. The quantitative estimate of drug-likeness (QED) is 0.812. The summed E-state index contributed by atoms with van der Waals surface area (Å²) >= 11 is 5.52. The molecule has 10 heteroatoms. The van der Waals surface area contributed by atoms with Crippen LogP contribution in [0.1, 0.15) is 12.0 Å². The number of nitrogens with one attached hydrogen (secondary N) is 2. The molecule has 134 valence electrons. The number of hydrogen-bond donors (Lipinski definition) is 2. The van der Waals surface area contributed by atoms with Crippen molar-refractivity contribution in [3.8, 4) is 0 Å². The van der Waals surface area contributed by atoms with E-state index in [0.717, 1.165) is 12.1 Å². The van der Waals surface area contributed by atoms with Gasteiger partial charge >= 0.3 is 6.18 Å². The first kappa shape index (κ1) is 19.0. The number of carbonyl (C=O) groups excluding carboxylic acids is 1. The molecule has 2 rings (SSSR count). The molecule has 2 N–H and O–H groups in total. The van der Waals surface area contributed by atoms with Crippen LogP contribution in [-0.2, 0) is 20.8 Å². The number of hydrogen-bond acceptors (Lipinski definition) is 3. The fourth-order valence-electron chi connectivity index (χ4n) is 2.61. The van der Waals surface area contributed by atoms with Crippen molar-refractivity contribution in [2.45, 2.75) is 18.6 Å². The zero-order valence-electron chi connectivity index (χ0n) is 12.8. The van der Waals surface area contributed by atoms with Crippen LogP contribution in [0.2, 0.25) is 5.02 Å². The molecule has 5 nitrogen and oxygen atoms in total. The average molecular weight is 386 g/mol. The van der Waals surface area contributed by atoms with Crippen LogP contribution in [0, 0.1) is 0 Å². The number of anilines is 1. The molecule has 1 aromatic rings. The standard InChI is InChI=1S/C14H16ClF3N2O3S/c1-20(10-4-5-24(22,23)8-10)7-13(21)19-9-2-3-12(15)11(6-9)14(16,17)18/h2-3,6,10H,4-5,7-8H2,1H3,(H,19,21)/p+1/t10-/m0/s1. The van der Waals surface area contributed by atoms with Gasteiger partial charge in [0.15, 0.2) is 16.4 Å². The number of amides is 1. The molecule has 0 spiro atoms. The van der Waals surface area contributed by atoms with Crippen LogP contribution in [0.4, 0.5) is 18.9 Å². The van der Waals surface area contributed by atoms with Gasteiger partial charge in [-0.2, -0.15) is 13.2 Å². The molecule has 0 bridgehead atoms. The van der Waals surface area contributed by atoms with E-state index >= 15 is 0 Å². The Kier molecular flexibility index (Phi) is 5.46. The molecule has 24 heavy (non-hydrogen) atoms. The Morgan fingerprint density at radius 2 is 2.08 bits per heavy atom. The van der Waals surface area contributed by atoms with E-state index in [1.54, 1.807) is 7.05 Å². The first-order chi connectivity index (χ1) is 11.0. The minimum atomic E-state index is -4.61. The van der Waals surface area contributed by atoms with Gasteiger partial charge in [-0.25, -0.2) is 8.42 Å². The Balaban J connectivity index is 2.00. The maximum Gasteiger partial charge on any atom is 0.417 e. The molecule has 1 amide bonds. The van der Waals surface area contributed by atoms with E-state index in [-0.39, 0.29) is 29.8 Å². The van der Waals surface area contributed by atoms with Gasteiger partial charge in [0.05, 0.1) is 23.4 Å². The highest BCUT2D eigenvalue weighted by Crippen LogP contribution is 2.36. The monoisotopic (exact) mass is 385 g/mol. The van der Waals surface area contributed by atoms with Crippen molar-refractivity contribution in [3.63, 3.8) is 0 Å². The summed E-state index contributed by atoms with van der Waals surface area (Å²) in [4.78, 5) is 12.7. The van der Waals surface area contributed by atoms with Gasteiger partial charge in [-0.1, -0.05) is 11.6 Å². The fraction of sp³-hybridized carbons (Fsp3) is 0.500. The van der Waals surface area contributed by atoms with Crippen LogP contribution in [-0.4, -0.2) is 45.5 Å². The normalized spacial score (nSPS) is 21.5. The highest BCUT2D eigenvalue weighted by molar-refractivity contribution is 7.91. The van der Waals surface area contributed by atoms with Gasteiger partial charge in [0.2, 0.25) is 0 Å². The lowest BCUT2D eigenvalue weighted by Gasteiger charge is -2.19. The predicted molar refractivity (Wildman–Crippen MR) is 83.9 cm³/mol. The van der Waals surface area contributed by atoms with Crippen molar-refractivity contribution >= 4 is 33.0 Å². The highest BCUT2D eigenvalue weighted by atomic mass is 35.5. The summed E-state index contributed by atoms with van der Waals surface area (Å²) in [6, 6.07) is 2.94. The van der Waals surface area contributed by atoms with Gasteiger partial charge in [0, 0.05) is 12.1 Å². The Bertz CT molecular complexity index is 737. The van der Waals surface area contributed by atoms with Gasteiger partial charge in [0.1, 0.15) is 11.8 Å². The summed E-state index contributed by atoms with van der Waals surface area (Å²) in [5.74, 6) is -0.374. The van der Waals surface area contributed by atoms with Crippen molar-refractivity contribution in [3.05, 3.63) is 28.8 Å². The van der Waals surface area contributed by atoms with Crippen molar-refractivity contribution in [1.82, 2.24) is 0 Å². The molecule has 1 heterocycles. The summed E-state index contributed by atoms with van der Waals surface area (Å²) in [6.45, 7) is -0.0375. The lowest BCUT2D eigenvalue weighted by atomic mass is 10.2. The molecule has 1 saturated heterocycles. The SMILES string of the molecule is C[NH+](CC(=O)Nc1ccc(Cl)c(C(F)(F)F)c1)[C@H]1CCS(=O)(=O)C1. The first-order valence-corrected chi connectivity index (χ1v) is 9.37. The van der Waals surface area contributed by atoms with E-state index in [1.165, 1.54) is 6.07 Å². The van der Waals surface area contributed by atoms with Crippen LogP contribution >= 0.6 is 11.6 Å². The lowest BCUT2D eigenvalue weighted by molar-refractivity contribution is -0.894. The summed E-state index contributed by atoms with van der Waals surface area (Å²) in [7, 11) is -1.37. The topological polar surface area (TPSA) is 67.7 Å². The molecule has 0 aliphatic carbocycles. The van der Waals surface area contributed by atoms with Gasteiger partial charge in [-0.3, -0.25) is 4.79 Å². The van der Waals surface area contributed by atoms with E-state index in [9.17, 15) is 26.4 Å². The van der Waals surface area contributed by atoms with Gasteiger partial charge in [0.25, 0.3) is 5.91 Å². The first-order valence-electron chi connectivity index (χ1n) is 7.17. The summed E-state index contributed by atoms with van der Waals surface area (Å²) in [5, 5.41) is 1.94. The molecular formula is C14H17ClF3N2O3S+. The maximum atomic E-state index is 12.8. The molecule has 1 aliphatic rings. The lowest BCUT2D eigenvalue weighted by Crippen LogP contribution is -3.14. The molecule has 1 fully saturated rings. The van der Waals surface area contributed by atoms with Gasteiger partial charge in [-0.05, 0) is 18.2 Å². The van der Waals surface area contributed by atoms with Crippen molar-refractivity contribution in [2.24, 2.45) is 0 Å². The van der Waals surface area contributed by atoms with Crippen molar-refractivity contribution in [2.75, 3.05) is 30.4 Å². The number of likely N-dealkylation sites (N-methyl/N-ethyl adjacent to an activating group) is 1. The molecule has 1 aromatic carbocycles. The largest absolute Gasteiger partial charge is 0.417 e. The van der Waals surface area contributed by atoms with E-state index < -0.39 is 32.5 Å². The predicted octanol–water partition coefficient (Wildman–Crippen LogP) is 0.999. The Morgan fingerprint density at radius 1 is 1.42 bits per heavy atom. The minimum Gasteiger partial charge on any atom is -0.326 e. The highest BCUT2D eigenvalue weighted by Gasteiger charge is 2.35. The Morgan fingerprint density at radius 3 is 2.62 bits per heavy atom. The zero-order valence-corrected chi connectivity index (χ0v) is 14.4. The number of rotatable bonds is 4. The number of alkyl halides is 3. The maximum absolute atomic E-state index is 12.8. The number of sulfone groups is 1. The van der Waals surface area contributed by atoms with Crippen LogP contribution in [0.3, 0.4) is 0 Å². The van der Waals surface area contributed by atoms with Crippen LogP contribution in [0.25, 0.3) is 0 Å². The minimum absolute atomic E-state index is 0.0106. The van der Waals surface area contributed by atoms with E-state index in [0.29, 0.717) is 11.3 Å². The molecule has 2 atom stereocenters. The average Bonchev–Trinajstić information content (AvgIpc) is 2.80. The summed E-state index contributed by atoms with van der Waals surface area (Å²) in [5.41, 5.74) is -1.03.